The van der Waals surface area contributed by atoms with Gasteiger partial charge in [0.05, 0.1) is 18.9 Å². The number of nitrogens with one attached hydrogen (secondary N) is 1. The molecule has 1 aromatic carbocycles. The summed E-state index contributed by atoms with van der Waals surface area (Å²) in [5, 5.41) is 4.29. The number of benzene rings is 1. The molecule has 26 heavy (non-hydrogen) atoms. The third kappa shape index (κ3) is 4.75. The van der Waals surface area contributed by atoms with Gasteiger partial charge in [-0.3, -0.25) is 14.7 Å². The molecule has 1 N–H and O–H groups in total. The minimum atomic E-state index is -0.414. The monoisotopic (exact) mass is 416 g/mol. The molecule has 136 valence electrons. The fourth-order valence-electron chi connectivity index (χ4n) is 2.87. The maximum atomic E-state index is 12.9. The predicted octanol–water partition coefficient (Wildman–Crippen LogP) is 2.76. The van der Waals surface area contributed by atoms with E-state index in [4.69, 9.17) is 4.74 Å². The van der Waals surface area contributed by atoms with E-state index < -0.39 is 6.04 Å². The molecule has 1 aliphatic heterocycles. The van der Waals surface area contributed by atoms with Gasteiger partial charge in [0.25, 0.3) is 5.91 Å². The summed E-state index contributed by atoms with van der Waals surface area (Å²) in [6.45, 7) is 4.53. The minimum absolute atomic E-state index is 0.158. The Hall–Kier alpha value is -2.09. The lowest BCUT2D eigenvalue weighted by Crippen LogP contribution is -2.45. The van der Waals surface area contributed by atoms with Crippen molar-refractivity contribution >= 4 is 27.5 Å². The van der Waals surface area contributed by atoms with Gasteiger partial charge in [-0.2, -0.15) is 5.10 Å². The lowest BCUT2D eigenvalue weighted by molar-refractivity contribution is -0.128. The van der Waals surface area contributed by atoms with Gasteiger partial charge in [-0.1, -0.05) is 28.1 Å². The maximum Gasteiger partial charge on any atom is 0.262 e. The molecule has 1 fully saturated rings. The van der Waals surface area contributed by atoms with Crippen molar-refractivity contribution in [2.45, 2.75) is 13.0 Å². The topological polar surface area (TPSA) is 66.8 Å². The van der Waals surface area contributed by atoms with Crippen LogP contribution < -0.4 is 5.43 Å². The van der Waals surface area contributed by atoms with E-state index in [-0.39, 0.29) is 5.91 Å². The second-order valence-electron chi connectivity index (χ2n) is 6.01. The second-order valence-corrected chi connectivity index (χ2v) is 6.93. The first-order valence-electron chi connectivity index (χ1n) is 8.47. The molecule has 3 rings (SSSR count). The number of halogens is 1. The van der Waals surface area contributed by atoms with E-state index in [9.17, 15) is 4.79 Å². The number of carbonyl (C=O) groups is 1. The zero-order valence-electron chi connectivity index (χ0n) is 14.6. The van der Waals surface area contributed by atoms with E-state index in [1.807, 2.05) is 43.3 Å². The van der Waals surface area contributed by atoms with Crippen molar-refractivity contribution in [3.63, 3.8) is 0 Å². The lowest BCUT2D eigenvalue weighted by Gasteiger charge is -2.33. The fraction of sp³-hybridized carbons (Fsp3) is 0.316. The quantitative estimate of drug-likeness (QED) is 0.600. The van der Waals surface area contributed by atoms with Crippen molar-refractivity contribution in [1.29, 1.82) is 0 Å². The molecule has 6 nitrogen and oxygen atoms in total. The van der Waals surface area contributed by atoms with Crippen LogP contribution in [-0.4, -0.2) is 47.8 Å². The Kier molecular flexibility index (Phi) is 6.49. The van der Waals surface area contributed by atoms with Crippen molar-refractivity contribution in [1.82, 2.24) is 15.3 Å². The standard InChI is InChI=1S/C19H21BrN4O2/c1-14(15-2-4-17(20)5-3-15)22-23-19(25)18(16-6-8-21-9-7-16)24-10-12-26-13-11-24/h2-9,18H,10-13H2,1H3,(H,23,25)/b22-14-/t18-/m0/s1. The van der Waals surface area contributed by atoms with Gasteiger partial charge in [-0.25, -0.2) is 5.43 Å². The number of rotatable bonds is 5. The summed E-state index contributed by atoms with van der Waals surface area (Å²) in [5.41, 5.74) is 5.33. The Bertz CT molecular complexity index is 759. The highest BCUT2D eigenvalue weighted by Gasteiger charge is 2.29. The Balaban J connectivity index is 1.76. The van der Waals surface area contributed by atoms with Crippen molar-refractivity contribution in [2.75, 3.05) is 26.3 Å². The van der Waals surface area contributed by atoms with Crippen molar-refractivity contribution in [3.05, 3.63) is 64.4 Å². The van der Waals surface area contributed by atoms with Gasteiger partial charge in [0.15, 0.2) is 0 Å². The Labute approximate surface area is 161 Å². The number of aromatic nitrogens is 1. The molecule has 0 bridgehead atoms. The number of amides is 1. The number of pyridine rings is 1. The average Bonchev–Trinajstić information content (AvgIpc) is 2.68. The van der Waals surface area contributed by atoms with Crippen LogP contribution in [0.25, 0.3) is 0 Å². The van der Waals surface area contributed by atoms with Crippen molar-refractivity contribution in [2.24, 2.45) is 5.10 Å². The number of ether oxygens (including phenoxy) is 1. The van der Waals surface area contributed by atoms with E-state index in [1.54, 1.807) is 12.4 Å². The van der Waals surface area contributed by atoms with Gasteiger partial charge in [0.1, 0.15) is 6.04 Å². The van der Waals surface area contributed by atoms with Crippen LogP contribution in [0.15, 0.2) is 58.4 Å². The van der Waals surface area contributed by atoms with Crippen molar-refractivity contribution in [3.8, 4) is 0 Å². The second kappa shape index (κ2) is 9.02. The molecule has 7 heteroatoms. The number of hydrogen-bond acceptors (Lipinski definition) is 5. The van der Waals surface area contributed by atoms with Crippen LogP contribution in [0.1, 0.15) is 24.1 Å². The fourth-order valence-corrected chi connectivity index (χ4v) is 3.13. The van der Waals surface area contributed by atoms with E-state index in [2.05, 4.69) is 36.3 Å². The SMILES string of the molecule is C/C(=N/NC(=O)[C@H](c1ccncc1)N1CCOCC1)c1ccc(Br)cc1. The molecule has 0 radical (unpaired) electrons. The van der Waals surface area contributed by atoms with Gasteiger partial charge < -0.3 is 4.74 Å². The summed E-state index contributed by atoms with van der Waals surface area (Å²) in [5.74, 6) is -0.158. The molecule has 0 aliphatic carbocycles. The van der Waals surface area contributed by atoms with Gasteiger partial charge in [0, 0.05) is 30.0 Å². The highest BCUT2D eigenvalue weighted by molar-refractivity contribution is 9.10. The van der Waals surface area contributed by atoms with E-state index in [1.165, 1.54) is 0 Å². The van der Waals surface area contributed by atoms with Crippen LogP contribution in [0.3, 0.4) is 0 Å². The highest BCUT2D eigenvalue weighted by Crippen LogP contribution is 2.21. The van der Waals surface area contributed by atoms with Crippen LogP contribution >= 0.6 is 15.9 Å². The summed E-state index contributed by atoms with van der Waals surface area (Å²) in [4.78, 5) is 19.1. The lowest BCUT2D eigenvalue weighted by atomic mass is 10.1. The molecule has 0 unspecified atom stereocenters. The van der Waals surface area contributed by atoms with E-state index >= 15 is 0 Å². The van der Waals surface area contributed by atoms with Crippen molar-refractivity contribution < 1.29 is 9.53 Å². The van der Waals surface area contributed by atoms with Gasteiger partial charge in [0.2, 0.25) is 0 Å². The molecular weight excluding hydrogens is 396 g/mol. The first-order chi connectivity index (χ1) is 12.6. The summed E-state index contributed by atoms with van der Waals surface area (Å²) < 4.78 is 6.42. The highest BCUT2D eigenvalue weighted by atomic mass is 79.9. The molecule has 0 saturated carbocycles. The molecule has 1 amide bonds. The van der Waals surface area contributed by atoms with Gasteiger partial charge in [-0.15, -0.1) is 0 Å². The average molecular weight is 417 g/mol. The number of morpholine rings is 1. The van der Waals surface area contributed by atoms with Crippen LogP contribution in [0.2, 0.25) is 0 Å². The summed E-state index contributed by atoms with van der Waals surface area (Å²) in [6, 6.07) is 11.1. The van der Waals surface area contributed by atoms with E-state index in [0.29, 0.717) is 26.3 Å². The molecule has 2 heterocycles. The van der Waals surface area contributed by atoms with Crippen LogP contribution in [0, 0.1) is 0 Å². The molecule has 1 aliphatic rings. The normalized spacial score (nSPS) is 16.9. The van der Waals surface area contributed by atoms with Crippen LogP contribution in [-0.2, 0) is 9.53 Å². The Morgan fingerprint density at radius 2 is 1.85 bits per heavy atom. The minimum Gasteiger partial charge on any atom is -0.379 e. The first kappa shape index (κ1) is 18.7. The first-order valence-corrected chi connectivity index (χ1v) is 9.26. The third-order valence-corrected chi connectivity index (χ3v) is 4.81. The molecule has 2 aromatic rings. The molecule has 1 aromatic heterocycles. The Morgan fingerprint density at radius 1 is 1.19 bits per heavy atom. The molecule has 1 atom stereocenters. The van der Waals surface area contributed by atoms with Crippen LogP contribution in [0.4, 0.5) is 0 Å². The largest absolute Gasteiger partial charge is 0.379 e. The van der Waals surface area contributed by atoms with E-state index in [0.717, 1.165) is 21.3 Å². The van der Waals surface area contributed by atoms with Gasteiger partial charge >= 0.3 is 0 Å². The summed E-state index contributed by atoms with van der Waals surface area (Å²) in [7, 11) is 0. The Morgan fingerprint density at radius 3 is 2.50 bits per heavy atom. The third-order valence-electron chi connectivity index (χ3n) is 4.28. The van der Waals surface area contributed by atoms with Gasteiger partial charge in [-0.05, 0) is 42.3 Å². The van der Waals surface area contributed by atoms with Crippen LogP contribution in [0.5, 0.6) is 0 Å². The zero-order chi connectivity index (χ0) is 18.4. The summed E-state index contributed by atoms with van der Waals surface area (Å²) >= 11 is 3.42. The number of nitrogens with zero attached hydrogens (tertiary/aromatic N) is 3. The summed E-state index contributed by atoms with van der Waals surface area (Å²) in [6.07, 6.45) is 3.40. The predicted molar refractivity (Wildman–Crippen MR) is 104 cm³/mol. The zero-order valence-corrected chi connectivity index (χ0v) is 16.1. The molecule has 1 saturated heterocycles. The maximum absolute atomic E-state index is 12.9. The molecular formula is C19H21BrN4O2. The smallest absolute Gasteiger partial charge is 0.262 e. The number of carbonyl (C=O) groups excluding carboxylic acids is 1. The number of hydrazone groups is 1. The molecule has 0 spiro atoms. The number of hydrogen-bond donors (Lipinski definition) is 1.